The molecule has 0 bridgehead atoms. The van der Waals surface area contributed by atoms with Gasteiger partial charge in [-0.25, -0.2) is 0 Å². The van der Waals surface area contributed by atoms with Crippen LogP contribution in [-0.4, -0.2) is 21.9 Å². The van der Waals surface area contributed by atoms with Gasteiger partial charge < -0.3 is 18.2 Å². The van der Waals surface area contributed by atoms with Crippen molar-refractivity contribution < 1.29 is 18.0 Å². The van der Waals surface area contributed by atoms with E-state index in [2.05, 4.69) is 10.2 Å². The number of carbonyl (C=O) groups excluding carboxylic acids is 1. The second-order valence-electron chi connectivity index (χ2n) is 5.95. The number of anilines is 1. The van der Waals surface area contributed by atoms with Crippen molar-refractivity contribution in [2.75, 3.05) is 10.7 Å². The lowest BCUT2D eigenvalue weighted by Gasteiger charge is -2.21. The molecule has 0 aliphatic rings. The number of amides is 1. The summed E-state index contributed by atoms with van der Waals surface area (Å²) in [5, 5.41) is 8.36. The molecule has 8 heteroatoms. The van der Waals surface area contributed by atoms with Gasteiger partial charge in [0, 0.05) is 5.69 Å². The molecule has 3 aromatic heterocycles. The fourth-order valence-electron chi connectivity index (χ4n) is 2.67. The van der Waals surface area contributed by atoms with Crippen LogP contribution in [0.15, 0.2) is 79.5 Å². The summed E-state index contributed by atoms with van der Waals surface area (Å²) in [6.45, 7) is 2.17. The van der Waals surface area contributed by atoms with Gasteiger partial charge in [-0.2, -0.15) is 0 Å². The highest BCUT2D eigenvalue weighted by Gasteiger charge is 2.20. The minimum atomic E-state index is -0.0909. The molecule has 0 saturated heterocycles. The number of thioether (sulfide) groups is 1. The average molecular weight is 395 g/mol. The maximum Gasteiger partial charge on any atom is 0.277 e. The molecule has 4 rings (SSSR count). The van der Waals surface area contributed by atoms with Gasteiger partial charge in [0.2, 0.25) is 5.91 Å². The van der Waals surface area contributed by atoms with Gasteiger partial charge in [-0.3, -0.25) is 4.79 Å². The van der Waals surface area contributed by atoms with Crippen molar-refractivity contribution in [3.8, 4) is 11.5 Å². The van der Waals surface area contributed by atoms with Crippen LogP contribution in [0.2, 0.25) is 0 Å². The van der Waals surface area contributed by atoms with Crippen LogP contribution >= 0.6 is 11.8 Å². The molecule has 0 atom stereocenters. The number of para-hydroxylation sites is 1. The number of nitrogens with zero attached hydrogens (tertiary/aromatic N) is 3. The molecule has 3 heterocycles. The van der Waals surface area contributed by atoms with E-state index < -0.39 is 0 Å². The molecule has 7 nitrogen and oxygen atoms in total. The van der Waals surface area contributed by atoms with Gasteiger partial charge in [0.25, 0.3) is 11.1 Å². The zero-order valence-electron chi connectivity index (χ0n) is 15.1. The van der Waals surface area contributed by atoms with Crippen molar-refractivity contribution in [2.45, 2.75) is 18.7 Å². The van der Waals surface area contributed by atoms with Crippen LogP contribution in [0.3, 0.4) is 0 Å². The lowest BCUT2D eigenvalue weighted by molar-refractivity contribution is -0.116. The third-order valence-corrected chi connectivity index (χ3v) is 4.88. The maximum atomic E-state index is 12.9. The molecule has 0 saturated carbocycles. The Balaban J connectivity index is 1.46. The third-order valence-electron chi connectivity index (χ3n) is 4.08. The van der Waals surface area contributed by atoms with Gasteiger partial charge in [-0.05, 0) is 37.3 Å². The smallest absolute Gasteiger partial charge is 0.277 e. The van der Waals surface area contributed by atoms with Crippen molar-refractivity contribution in [1.29, 1.82) is 0 Å². The standard InChI is InChI=1S/C20H17N3O4S/c1-14-17(9-11-25-14)19-21-22-20(27-19)28-13-18(24)23(12-16-8-5-10-26-16)15-6-3-2-4-7-15/h2-11H,12-13H2,1H3. The summed E-state index contributed by atoms with van der Waals surface area (Å²) in [4.78, 5) is 14.6. The molecule has 0 fully saturated rings. The number of carbonyl (C=O) groups is 1. The molecule has 0 radical (unpaired) electrons. The van der Waals surface area contributed by atoms with Crippen molar-refractivity contribution >= 4 is 23.4 Å². The molecule has 0 aliphatic carbocycles. The summed E-state index contributed by atoms with van der Waals surface area (Å²) in [5.41, 5.74) is 1.54. The number of benzene rings is 1. The molecule has 142 valence electrons. The lowest BCUT2D eigenvalue weighted by Crippen LogP contribution is -2.31. The van der Waals surface area contributed by atoms with E-state index >= 15 is 0 Å². The minimum absolute atomic E-state index is 0.0909. The second kappa shape index (κ2) is 8.18. The normalized spacial score (nSPS) is 10.9. The first kappa shape index (κ1) is 18.1. The first-order chi connectivity index (χ1) is 13.7. The van der Waals surface area contributed by atoms with Crippen LogP contribution in [0.25, 0.3) is 11.5 Å². The number of aryl methyl sites for hydroxylation is 1. The Morgan fingerprint density at radius 2 is 1.89 bits per heavy atom. The molecule has 0 unspecified atom stereocenters. The number of furan rings is 2. The highest BCUT2D eigenvalue weighted by atomic mass is 32.2. The van der Waals surface area contributed by atoms with E-state index in [1.807, 2.05) is 43.3 Å². The van der Waals surface area contributed by atoms with Gasteiger partial charge in [-0.15, -0.1) is 10.2 Å². The SMILES string of the molecule is Cc1occc1-c1nnc(SCC(=O)N(Cc2ccco2)c2ccccc2)o1. The van der Waals surface area contributed by atoms with E-state index in [4.69, 9.17) is 13.3 Å². The Labute approximate surface area is 165 Å². The highest BCUT2D eigenvalue weighted by molar-refractivity contribution is 7.99. The summed E-state index contributed by atoms with van der Waals surface area (Å²) in [5.74, 6) is 1.84. The predicted octanol–water partition coefficient (Wildman–Crippen LogP) is 4.56. The number of hydrogen-bond acceptors (Lipinski definition) is 7. The van der Waals surface area contributed by atoms with E-state index in [1.54, 1.807) is 29.6 Å². The van der Waals surface area contributed by atoms with Gasteiger partial charge in [0.15, 0.2) is 0 Å². The molecule has 28 heavy (non-hydrogen) atoms. The van der Waals surface area contributed by atoms with E-state index in [0.29, 0.717) is 29.2 Å². The first-order valence-corrected chi connectivity index (χ1v) is 9.58. The Bertz CT molecular complexity index is 1040. The van der Waals surface area contributed by atoms with Gasteiger partial charge in [0.1, 0.15) is 11.5 Å². The summed E-state index contributed by atoms with van der Waals surface area (Å²) in [7, 11) is 0. The second-order valence-corrected chi connectivity index (χ2v) is 6.87. The zero-order valence-corrected chi connectivity index (χ0v) is 15.9. The average Bonchev–Trinajstić information content (AvgIpc) is 3.47. The van der Waals surface area contributed by atoms with Crippen molar-refractivity contribution in [1.82, 2.24) is 10.2 Å². The monoisotopic (exact) mass is 395 g/mol. The quantitative estimate of drug-likeness (QED) is 0.424. The van der Waals surface area contributed by atoms with Crippen LogP contribution in [0.4, 0.5) is 5.69 Å². The van der Waals surface area contributed by atoms with Crippen LogP contribution in [0, 0.1) is 6.92 Å². The number of hydrogen-bond donors (Lipinski definition) is 0. The van der Waals surface area contributed by atoms with Crippen LogP contribution in [0.1, 0.15) is 11.5 Å². The topological polar surface area (TPSA) is 85.5 Å². The summed E-state index contributed by atoms with van der Waals surface area (Å²) in [6, 6.07) is 14.9. The summed E-state index contributed by atoms with van der Waals surface area (Å²) in [6.07, 6.45) is 3.16. The highest BCUT2D eigenvalue weighted by Crippen LogP contribution is 2.27. The van der Waals surface area contributed by atoms with Crippen LogP contribution in [-0.2, 0) is 11.3 Å². The maximum absolute atomic E-state index is 12.9. The Morgan fingerprint density at radius 3 is 2.61 bits per heavy atom. The largest absolute Gasteiger partial charge is 0.469 e. The Hall–Kier alpha value is -3.26. The fourth-order valence-corrected chi connectivity index (χ4v) is 3.31. The molecule has 1 aromatic carbocycles. The summed E-state index contributed by atoms with van der Waals surface area (Å²) >= 11 is 1.20. The van der Waals surface area contributed by atoms with Crippen molar-refractivity contribution in [3.05, 3.63) is 72.6 Å². The Morgan fingerprint density at radius 1 is 1.04 bits per heavy atom. The summed E-state index contributed by atoms with van der Waals surface area (Å²) < 4.78 is 16.3. The Kier molecular flexibility index (Phi) is 5.29. The van der Waals surface area contributed by atoms with Crippen molar-refractivity contribution in [3.63, 3.8) is 0 Å². The first-order valence-electron chi connectivity index (χ1n) is 8.59. The van der Waals surface area contributed by atoms with Crippen LogP contribution < -0.4 is 4.90 Å². The van der Waals surface area contributed by atoms with E-state index in [-0.39, 0.29) is 11.7 Å². The fraction of sp³-hybridized carbons (Fsp3) is 0.150. The molecular formula is C20H17N3O4S. The van der Waals surface area contributed by atoms with Gasteiger partial charge in [-0.1, -0.05) is 30.0 Å². The lowest BCUT2D eigenvalue weighted by atomic mass is 10.2. The van der Waals surface area contributed by atoms with E-state index in [0.717, 1.165) is 11.3 Å². The van der Waals surface area contributed by atoms with Gasteiger partial charge in [0.05, 0.1) is 30.4 Å². The molecule has 0 spiro atoms. The molecule has 4 aromatic rings. The predicted molar refractivity (Wildman–Crippen MR) is 104 cm³/mol. The third kappa shape index (κ3) is 4.01. The van der Waals surface area contributed by atoms with Crippen LogP contribution in [0.5, 0.6) is 0 Å². The van der Waals surface area contributed by atoms with Gasteiger partial charge >= 0.3 is 0 Å². The molecule has 1 amide bonds. The van der Waals surface area contributed by atoms with E-state index in [9.17, 15) is 4.79 Å². The molecule has 0 aliphatic heterocycles. The van der Waals surface area contributed by atoms with Crippen molar-refractivity contribution in [2.24, 2.45) is 0 Å². The zero-order chi connectivity index (χ0) is 19.3. The molecular weight excluding hydrogens is 378 g/mol. The number of aromatic nitrogens is 2. The molecule has 0 N–H and O–H groups in total. The number of rotatable bonds is 7. The van der Waals surface area contributed by atoms with E-state index in [1.165, 1.54) is 11.8 Å². The minimum Gasteiger partial charge on any atom is -0.469 e.